The Morgan fingerprint density at radius 2 is 1.62 bits per heavy atom. The summed E-state index contributed by atoms with van der Waals surface area (Å²) < 4.78 is 0. The highest BCUT2D eigenvalue weighted by atomic mass is 16.1. The van der Waals surface area contributed by atoms with Crippen molar-refractivity contribution in [1.82, 2.24) is 15.0 Å². The summed E-state index contributed by atoms with van der Waals surface area (Å²) in [6.45, 7) is 4.26. The molecule has 0 saturated heterocycles. The number of nitrogens with one attached hydrogen (secondary N) is 1. The molecule has 5 nitrogen and oxygen atoms in total. The molecule has 0 spiro atoms. The Labute approximate surface area is 202 Å². The fourth-order valence-corrected chi connectivity index (χ4v) is 7.54. The number of nitrogens with zero attached hydrogens (tertiary/aromatic N) is 3. The van der Waals surface area contributed by atoms with Crippen LogP contribution in [0.1, 0.15) is 75.8 Å². The molecule has 3 aromatic rings. The van der Waals surface area contributed by atoms with E-state index in [0.29, 0.717) is 6.42 Å². The molecule has 4 fully saturated rings. The van der Waals surface area contributed by atoms with Crippen molar-refractivity contribution in [2.24, 2.45) is 23.2 Å². The Balaban J connectivity index is 1.18. The Morgan fingerprint density at radius 3 is 2.24 bits per heavy atom. The van der Waals surface area contributed by atoms with Crippen LogP contribution in [0.25, 0.3) is 16.7 Å². The van der Waals surface area contributed by atoms with Gasteiger partial charge in [0.05, 0.1) is 5.69 Å². The summed E-state index contributed by atoms with van der Waals surface area (Å²) in [5, 5.41) is 12.7. The molecule has 0 radical (unpaired) electrons. The zero-order valence-corrected chi connectivity index (χ0v) is 20.5. The first kappa shape index (κ1) is 21.8. The normalized spacial score (nSPS) is 27.4. The molecule has 4 bridgehead atoms. The maximum absolute atomic E-state index is 13.2. The van der Waals surface area contributed by atoms with Crippen LogP contribution >= 0.6 is 0 Å². The number of amides is 1. The third-order valence-corrected chi connectivity index (χ3v) is 8.69. The Hall–Kier alpha value is -2.69. The van der Waals surface area contributed by atoms with Gasteiger partial charge in [0.25, 0.3) is 0 Å². The molecule has 7 rings (SSSR count). The second-order valence-corrected chi connectivity index (χ2v) is 11.6. The van der Waals surface area contributed by atoms with E-state index in [9.17, 15) is 4.79 Å². The minimum Gasteiger partial charge on any atom is -0.326 e. The lowest BCUT2D eigenvalue weighted by Gasteiger charge is -2.56. The molecular weight excluding hydrogens is 420 g/mol. The topological polar surface area (TPSA) is 59.8 Å². The van der Waals surface area contributed by atoms with Gasteiger partial charge in [0, 0.05) is 12.1 Å². The van der Waals surface area contributed by atoms with Crippen LogP contribution in [0.4, 0.5) is 5.69 Å². The van der Waals surface area contributed by atoms with Gasteiger partial charge in [-0.25, -0.2) is 0 Å². The van der Waals surface area contributed by atoms with E-state index in [1.807, 2.05) is 19.1 Å². The lowest BCUT2D eigenvalue weighted by Crippen LogP contribution is -2.47. The average Bonchev–Trinajstić information content (AvgIpc) is 3.19. The summed E-state index contributed by atoms with van der Waals surface area (Å²) in [4.78, 5) is 14.9. The predicted octanol–water partition coefficient (Wildman–Crippen LogP) is 6.62. The SMILES string of the molecule is CCCCc1ccc(-n2nc3cc(C)c(NC(=O)CC45CC6CC(CC(C6)C4)C5)cc3n2)cc1. The van der Waals surface area contributed by atoms with Gasteiger partial charge in [-0.1, -0.05) is 25.5 Å². The number of fused-ring (bicyclic) bond motifs is 1. The summed E-state index contributed by atoms with van der Waals surface area (Å²) in [6.07, 6.45) is 12.2. The molecule has 1 heterocycles. The van der Waals surface area contributed by atoms with E-state index in [1.165, 1.54) is 56.9 Å². The molecule has 178 valence electrons. The lowest BCUT2D eigenvalue weighted by molar-refractivity contribution is -0.124. The van der Waals surface area contributed by atoms with Gasteiger partial charge in [-0.3, -0.25) is 4.79 Å². The van der Waals surface area contributed by atoms with E-state index in [-0.39, 0.29) is 11.3 Å². The number of anilines is 1. The third-order valence-electron chi connectivity index (χ3n) is 8.69. The van der Waals surface area contributed by atoms with Gasteiger partial charge in [-0.2, -0.15) is 4.80 Å². The van der Waals surface area contributed by atoms with E-state index in [0.717, 1.165) is 52.1 Å². The van der Waals surface area contributed by atoms with Crippen molar-refractivity contribution in [3.8, 4) is 5.69 Å². The summed E-state index contributed by atoms with van der Waals surface area (Å²) in [5.74, 6) is 2.77. The van der Waals surface area contributed by atoms with Crippen LogP contribution in [0.15, 0.2) is 36.4 Å². The fourth-order valence-electron chi connectivity index (χ4n) is 7.54. The van der Waals surface area contributed by atoms with Crippen LogP contribution in [0.5, 0.6) is 0 Å². The van der Waals surface area contributed by atoms with Crippen LogP contribution in [0.3, 0.4) is 0 Å². The Bertz CT molecular complexity index is 1170. The van der Waals surface area contributed by atoms with Crippen molar-refractivity contribution in [2.45, 2.75) is 78.1 Å². The number of carbonyl (C=O) groups is 1. The number of benzene rings is 2. The van der Waals surface area contributed by atoms with Crippen molar-refractivity contribution in [1.29, 1.82) is 0 Å². The number of hydrogen-bond acceptors (Lipinski definition) is 3. The van der Waals surface area contributed by atoms with E-state index in [1.54, 1.807) is 4.80 Å². The van der Waals surface area contributed by atoms with E-state index < -0.39 is 0 Å². The second kappa shape index (κ2) is 8.51. The first-order valence-corrected chi connectivity index (χ1v) is 13.3. The minimum atomic E-state index is 0.166. The summed E-state index contributed by atoms with van der Waals surface area (Å²) in [7, 11) is 0. The van der Waals surface area contributed by atoms with Gasteiger partial charge in [0.15, 0.2) is 0 Å². The fraction of sp³-hybridized carbons (Fsp3) is 0.552. The van der Waals surface area contributed by atoms with Crippen LogP contribution < -0.4 is 5.32 Å². The van der Waals surface area contributed by atoms with Crippen LogP contribution in [0.2, 0.25) is 0 Å². The van der Waals surface area contributed by atoms with E-state index in [4.69, 9.17) is 10.2 Å². The molecule has 1 amide bonds. The zero-order chi connectivity index (χ0) is 23.3. The van der Waals surface area contributed by atoms with E-state index >= 15 is 0 Å². The molecule has 0 atom stereocenters. The number of unbranched alkanes of at least 4 members (excludes halogenated alkanes) is 1. The predicted molar refractivity (Wildman–Crippen MR) is 136 cm³/mol. The van der Waals surface area contributed by atoms with Crippen molar-refractivity contribution in [2.75, 3.05) is 5.32 Å². The molecule has 0 aliphatic heterocycles. The standard InChI is InChI=1S/C29H36N4O/c1-3-4-5-20-6-8-24(9-7-20)33-31-26-10-19(2)25(14-27(26)32-33)30-28(34)18-29-15-21-11-22(16-29)13-23(12-21)17-29/h6-10,14,21-23H,3-5,11-13,15-18H2,1-2H3,(H,30,34). The van der Waals surface area contributed by atoms with Crippen LogP contribution in [0, 0.1) is 30.1 Å². The maximum atomic E-state index is 13.2. The molecule has 1 N–H and O–H groups in total. The molecule has 4 saturated carbocycles. The molecule has 5 heteroatoms. The summed E-state index contributed by atoms with van der Waals surface area (Å²) in [5.41, 5.74) is 6.13. The van der Waals surface area contributed by atoms with Gasteiger partial charge in [0.2, 0.25) is 5.91 Å². The molecule has 34 heavy (non-hydrogen) atoms. The minimum absolute atomic E-state index is 0.166. The van der Waals surface area contributed by atoms with E-state index in [2.05, 4.69) is 36.5 Å². The number of aromatic nitrogens is 3. The molecule has 1 aromatic heterocycles. The van der Waals surface area contributed by atoms with Crippen LogP contribution in [-0.4, -0.2) is 20.9 Å². The number of rotatable bonds is 7. The number of aryl methyl sites for hydroxylation is 2. The summed E-state index contributed by atoms with van der Waals surface area (Å²) >= 11 is 0. The number of hydrogen-bond donors (Lipinski definition) is 1. The van der Waals surface area contributed by atoms with Crippen molar-refractivity contribution < 1.29 is 4.79 Å². The molecule has 0 unspecified atom stereocenters. The highest BCUT2D eigenvalue weighted by molar-refractivity contribution is 5.94. The Morgan fingerprint density at radius 1 is 1.00 bits per heavy atom. The van der Waals surface area contributed by atoms with Gasteiger partial charge in [-0.15, -0.1) is 10.2 Å². The van der Waals surface area contributed by atoms with Gasteiger partial charge >= 0.3 is 0 Å². The molecule has 4 aliphatic carbocycles. The first-order chi connectivity index (χ1) is 16.5. The highest BCUT2D eigenvalue weighted by Crippen LogP contribution is 2.61. The highest BCUT2D eigenvalue weighted by Gasteiger charge is 2.51. The monoisotopic (exact) mass is 456 g/mol. The van der Waals surface area contributed by atoms with Gasteiger partial charge < -0.3 is 5.32 Å². The lowest BCUT2D eigenvalue weighted by atomic mass is 9.49. The van der Waals surface area contributed by atoms with Gasteiger partial charge in [0.1, 0.15) is 11.0 Å². The molecular formula is C29H36N4O. The van der Waals surface area contributed by atoms with Crippen LogP contribution in [-0.2, 0) is 11.2 Å². The second-order valence-electron chi connectivity index (χ2n) is 11.6. The number of carbonyl (C=O) groups excluding carboxylic acids is 1. The van der Waals surface area contributed by atoms with Gasteiger partial charge in [-0.05, 0) is 117 Å². The van der Waals surface area contributed by atoms with Crippen molar-refractivity contribution in [3.63, 3.8) is 0 Å². The molecule has 4 aliphatic rings. The largest absolute Gasteiger partial charge is 0.326 e. The Kier molecular flexibility index (Phi) is 5.46. The van der Waals surface area contributed by atoms with Crippen molar-refractivity contribution in [3.05, 3.63) is 47.5 Å². The summed E-state index contributed by atoms with van der Waals surface area (Å²) in [6, 6.07) is 12.5. The van der Waals surface area contributed by atoms with Crippen molar-refractivity contribution >= 4 is 22.6 Å². The molecule has 2 aromatic carbocycles. The first-order valence-electron chi connectivity index (χ1n) is 13.3. The zero-order valence-electron chi connectivity index (χ0n) is 20.5. The maximum Gasteiger partial charge on any atom is 0.224 e. The smallest absolute Gasteiger partial charge is 0.224 e. The average molecular weight is 457 g/mol. The quantitative estimate of drug-likeness (QED) is 0.435. The third kappa shape index (κ3) is 4.14.